The Kier molecular flexibility index (Phi) is 16.6. The zero-order valence-electron chi connectivity index (χ0n) is 29.2. The van der Waals surface area contributed by atoms with Gasteiger partial charge in [-0.1, -0.05) is 18.9 Å². The summed E-state index contributed by atoms with van der Waals surface area (Å²) in [5.41, 5.74) is -2.27. The summed E-state index contributed by atoms with van der Waals surface area (Å²) in [7, 11) is -16.9. The van der Waals surface area contributed by atoms with Gasteiger partial charge in [0, 0.05) is 49.2 Å². The van der Waals surface area contributed by atoms with Crippen molar-refractivity contribution in [3.8, 4) is 0 Å². The number of carbonyl (C=O) groups is 3. The second-order valence-corrected chi connectivity index (χ2v) is 18.5. The molecule has 55 heavy (non-hydrogen) atoms. The molecule has 310 valence electrons. The third-order valence-electron chi connectivity index (χ3n) is 8.56. The number of nitrogens with zero attached hydrogens (tertiary/aromatic N) is 1. The molecule has 2 unspecified atom stereocenters. The van der Waals surface area contributed by atoms with Gasteiger partial charge in [0.05, 0.1) is 30.4 Å². The monoisotopic (exact) mass is 862 g/mol. The standard InChI is InChI=1S/C28H45N6O17P3S/c35-19(7-2-1-5-10-29-11-6-12-30-23(37)9-4-3-8-22-25-18(16-55-22)31-27(39)32-25)17-14-34(28(40)33-26(17)38)24-13-20(36)21(49-24)15-48-53(44,45)51-54(46,47)50-52(41,42)43/h6,12,14,18,20-22,24-25,29,36H,1-5,7-11,13,15-16H2,(H,30,37)(H,44,45)(H,46,47)(H2,31,32,39)(H,33,38,40)(H2,41,42,43)/t18-,20-,21+,22-,24+,25-/m0/s1. The summed E-state index contributed by atoms with van der Waals surface area (Å²) in [6.07, 6.45) is 4.59. The second kappa shape index (κ2) is 20.2. The van der Waals surface area contributed by atoms with Crippen LogP contribution in [0, 0.1) is 0 Å². The Morgan fingerprint density at radius 2 is 1.75 bits per heavy atom. The molecule has 8 atom stereocenters. The van der Waals surface area contributed by atoms with Crippen LogP contribution in [0.5, 0.6) is 0 Å². The lowest BCUT2D eigenvalue weighted by Crippen LogP contribution is -2.36. The number of aliphatic hydroxyl groups excluding tert-OH is 1. The van der Waals surface area contributed by atoms with Gasteiger partial charge in [-0.3, -0.25) is 28.5 Å². The number of ether oxygens (including phenoxy) is 1. The lowest BCUT2D eigenvalue weighted by atomic mass is 10.0. The predicted octanol–water partition coefficient (Wildman–Crippen LogP) is 0.217. The molecule has 0 saturated carbocycles. The lowest BCUT2D eigenvalue weighted by molar-refractivity contribution is -0.120. The van der Waals surface area contributed by atoms with E-state index >= 15 is 0 Å². The number of amides is 3. The zero-order valence-corrected chi connectivity index (χ0v) is 32.7. The quantitative estimate of drug-likeness (QED) is 0.0304. The molecule has 27 heteroatoms. The molecule has 3 saturated heterocycles. The first kappa shape index (κ1) is 45.2. The number of aromatic nitrogens is 2. The molecular weight excluding hydrogens is 817 g/mol. The zero-order chi connectivity index (χ0) is 40.4. The van der Waals surface area contributed by atoms with Crippen molar-refractivity contribution in [2.24, 2.45) is 0 Å². The summed E-state index contributed by atoms with van der Waals surface area (Å²) in [4.78, 5) is 99.5. The Labute approximate surface area is 317 Å². The number of ketones is 1. The van der Waals surface area contributed by atoms with E-state index in [0.29, 0.717) is 44.0 Å². The van der Waals surface area contributed by atoms with Crippen LogP contribution in [0.4, 0.5) is 4.79 Å². The number of thioether (sulfide) groups is 1. The Morgan fingerprint density at radius 3 is 2.49 bits per heavy atom. The van der Waals surface area contributed by atoms with Crippen LogP contribution in [0.1, 0.15) is 74.4 Å². The average molecular weight is 863 g/mol. The van der Waals surface area contributed by atoms with Gasteiger partial charge in [0.2, 0.25) is 5.91 Å². The van der Waals surface area contributed by atoms with E-state index in [1.54, 1.807) is 12.3 Å². The summed E-state index contributed by atoms with van der Waals surface area (Å²) in [5.74, 6) is 0.267. The molecule has 0 radical (unpaired) electrons. The normalized spacial score (nSPS) is 25.9. The maximum absolute atomic E-state index is 12.8. The van der Waals surface area contributed by atoms with E-state index in [2.05, 4.69) is 34.4 Å². The van der Waals surface area contributed by atoms with Gasteiger partial charge < -0.3 is 50.7 Å². The number of nitrogens with one attached hydrogen (secondary N) is 5. The minimum absolute atomic E-state index is 0.0154. The molecule has 3 amide bonds. The Balaban J connectivity index is 1.09. The fourth-order valence-electron chi connectivity index (χ4n) is 5.99. The third-order valence-corrected chi connectivity index (χ3v) is 13.9. The molecule has 4 rings (SSSR count). The van der Waals surface area contributed by atoms with Crippen molar-refractivity contribution < 1.29 is 70.6 Å². The number of phosphoric ester groups is 1. The maximum atomic E-state index is 12.8. The number of unbranched alkanes of at least 4 members (excludes halogenated alkanes) is 3. The van der Waals surface area contributed by atoms with Gasteiger partial charge in [-0.05, 0) is 32.2 Å². The van der Waals surface area contributed by atoms with Crippen LogP contribution in [0.3, 0.4) is 0 Å². The number of phosphoric acid groups is 3. The Hall–Kier alpha value is -2.53. The Bertz CT molecular complexity index is 1820. The van der Waals surface area contributed by atoms with Gasteiger partial charge in [-0.2, -0.15) is 20.4 Å². The largest absolute Gasteiger partial charge is 0.490 e. The molecule has 10 N–H and O–H groups in total. The van der Waals surface area contributed by atoms with E-state index in [9.17, 15) is 52.6 Å². The average Bonchev–Trinajstić information content (AvgIpc) is 3.74. The van der Waals surface area contributed by atoms with Crippen LogP contribution in [0.2, 0.25) is 0 Å². The van der Waals surface area contributed by atoms with Gasteiger partial charge in [0.1, 0.15) is 12.3 Å². The van der Waals surface area contributed by atoms with Crippen molar-refractivity contribution in [1.29, 1.82) is 0 Å². The van der Waals surface area contributed by atoms with Gasteiger partial charge >= 0.3 is 35.2 Å². The third kappa shape index (κ3) is 14.7. The molecule has 3 fully saturated rings. The topological polar surface area (TPSA) is 343 Å². The molecule has 3 aliphatic heterocycles. The first-order valence-electron chi connectivity index (χ1n) is 17.2. The van der Waals surface area contributed by atoms with E-state index in [1.807, 2.05) is 16.7 Å². The first-order chi connectivity index (χ1) is 25.8. The van der Waals surface area contributed by atoms with Crippen LogP contribution in [-0.4, -0.2) is 107 Å². The van der Waals surface area contributed by atoms with Gasteiger partial charge in [-0.25, -0.2) is 23.3 Å². The summed E-state index contributed by atoms with van der Waals surface area (Å²) in [6, 6.07) is 0.235. The summed E-state index contributed by atoms with van der Waals surface area (Å²) < 4.78 is 52.3. The highest BCUT2D eigenvalue weighted by atomic mass is 32.2. The number of fused-ring (bicyclic) bond motifs is 1. The van der Waals surface area contributed by atoms with E-state index in [0.717, 1.165) is 35.8 Å². The van der Waals surface area contributed by atoms with Crippen molar-refractivity contribution in [3.05, 3.63) is 44.9 Å². The highest BCUT2D eigenvalue weighted by Gasteiger charge is 2.44. The maximum Gasteiger partial charge on any atom is 0.490 e. The molecule has 0 spiro atoms. The highest BCUT2D eigenvalue weighted by molar-refractivity contribution is 8.00. The van der Waals surface area contributed by atoms with E-state index in [-0.39, 0.29) is 42.4 Å². The lowest BCUT2D eigenvalue weighted by Gasteiger charge is -2.19. The first-order valence-corrected chi connectivity index (χ1v) is 22.7. The number of aliphatic hydroxyl groups is 1. The van der Waals surface area contributed by atoms with Crippen molar-refractivity contribution in [3.63, 3.8) is 0 Å². The molecule has 1 aromatic rings. The molecule has 23 nitrogen and oxygen atoms in total. The molecule has 4 heterocycles. The summed E-state index contributed by atoms with van der Waals surface area (Å²) in [5, 5.41) is 22.5. The van der Waals surface area contributed by atoms with Gasteiger partial charge in [0.15, 0.2) is 5.78 Å². The predicted molar refractivity (Wildman–Crippen MR) is 193 cm³/mol. The Morgan fingerprint density at radius 1 is 1.00 bits per heavy atom. The van der Waals surface area contributed by atoms with Crippen molar-refractivity contribution >= 4 is 53.0 Å². The van der Waals surface area contributed by atoms with E-state index in [4.69, 9.17) is 14.5 Å². The van der Waals surface area contributed by atoms with E-state index in [1.165, 1.54) is 0 Å². The van der Waals surface area contributed by atoms with Crippen molar-refractivity contribution in [1.82, 2.24) is 30.8 Å². The van der Waals surface area contributed by atoms with Crippen LogP contribution in [-0.2, 0) is 36.4 Å². The number of aromatic amines is 1. The van der Waals surface area contributed by atoms with Crippen LogP contribution in [0.25, 0.3) is 0 Å². The molecule has 0 aliphatic carbocycles. The molecule has 1 aromatic heterocycles. The smallest absolute Gasteiger partial charge is 0.390 e. The fourth-order valence-corrected chi connectivity index (χ4v) is 10.6. The second-order valence-electron chi connectivity index (χ2n) is 12.8. The SMILES string of the molecule is O=C(CCCC[C@@H]1SC[C@@H]2NC(=O)N[C@@H]21)NC=CCNCCCCCC(=O)c1cn([C@H]2C[C@H](O)[C@@H](COP(=O)(O)OP(=O)(O)OP(=O)(O)O)O2)c(=O)[nH]c1=O. The van der Waals surface area contributed by atoms with Crippen LogP contribution in [0.15, 0.2) is 28.1 Å². The minimum atomic E-state index is -5.77. The molecule has 0 bridgehead atoms. The van der Waals surface area contributed by atoms with Crippen molar-refractivity contribution in [2.45, 2.75) is 93.6 Å². The van der Waals surface area contributed by atoms with Crippen molar-refractivity contribution in [2.75, 3.05) is 25.4 Å². The van der Waals surface area contributed by atoms with Crippen LogP contribution >= 0.6 is 35.2 Å². The number of rotatable bonds is 23. The van der Waals surface area contributed by atoms with Gasteiger partial charge in [-0.15, -0.1) is 0 Å². The number of hydrogen-bond acceptors (Lipinski definition) is 15. The molecule has 0 aromatic carbocycles. The molecular formula is C28H45N6O17P3S. The number of carbonyl (C=O) groups excluding carboxylic acids is 3. The highest BCUT2D eigenvalue weighted by Crippen LogP contribution is 2.66. The number of H-pyrrole nitrogens is 1. The number of urea groups is 1. The number of hydrogen-bond donors (Lipinski definition) is 10. The number of Topliss-reactive ketones (excluding diaryl/α,β-unsaturated/α-hetero) is 1. The van der Waals surface area contributed by atoms with Gasteiger partial charge in [0.25, 0.3) is 5.56 Å². The summed E-state index contributed by atoms with van der Waals surface area (Å²) in [6.45, 7) is 0.158. The summed E-state index contributed by atoms with van der Waals surface area (Å²) >= 11 is 1.85. The fraction of sp³-hybridized carbons (Fsp3) is 0.679. The van der Waals surface area contributed by atoms with Crippen LogP contribution < -0.4 is 32.5 Å². The molecule has 3 aliphatic rings. The minimum Gasteiger partial charge on any atom is -0.390 e. The van der Waals surface area contributed by atoms with E-state index < -0.39 is 65.5 Å².